The Morgan fingerprint density at radius 1 is 1.50 bits per heavy atom. The number of aromatic amines is 1. The predicted octanol–water partition coefficient (Wildman–Crippen LogP) is 1.44. The largest absolute Gasteiger partial charge is 0.353 e. The lowest BCUT2D eigenvalue weighted by Crippen LogP contribution is -2.00. The van der Waals surface area contributed by atoms with Crippen molar-refractivity contribution in [3.63, 3.8) is 0 Å². The van der Waals surface area contributed by atoms with E-state index in [1.165, 1.54) is 0 Å². The van der Waals surface area contributed by atoms with E-state index in [1.807, 2.05) is 0 Å². The van der Waals surface area contributed by atoms with Gasteiger partial charge in [-0.25, -0.2) is 4.98 Å². The van der Waals surface area contributed by atoms with Gasteiger partial charge in [-0.05, 0) is 6.42 Å². The van der Waals surface area contributed by atoms with Crippen LogP contribution < -0.4 is 5.32 Å². The summed E-state index contributed by atoms with van der Waals surface area (Å²) < 4.78 is 0. The van der Waals surface area contributed by atoms with E-state index >= 15 is 0 Å². The van der Waals surface area contributed by atoms with Crippen LogP contribution in [0.15, 0.2) is 12.4 Å². The third kappa shape index (κ3) is 2.08. The summed E-state index contributed by atoms with van der Waals surface area (Å²) in [7, 11) is 0. The summed E-state index contributed by atoms with van der Waals surface area (Å²) in [5.74, 6) is 0.901. The van der Waals surface area contributed by atoms with Gasteiger partial charge in [0.05, 0.1) is 6.54 Å². The smallest absolute Gasteiger partial charge is 0.206 e. The first-order valence-electron chi connectivity index (χ1n) is 4.43. The molecular formula is C8H11N5S. The number of nitrogens with one attached hydrogen (secondary N) is 2. The molecule has 0 aliphatic heterocycles. The molecule has 6 heteroatoms. The number of aryl methyl sites for hydroxylation is 1. The highest BCUT2D eigenvalue weighted by molar-refractivity contribution is 7.15. The molecule has 0 saturated heterocycles. The molecule has 0 atom stereocenters. The number of H-pyrrole nitrogens is 1. The Labute approximate surface area is 85.6 Å². The molecule has 0 bridgehead atoms. The van der Waals surface area contributed by atoms with Gasteiger partial charge in [-0.1, -0.05) is 18.3 Å². The highest BCUT2D eigenvalue weighted by Gasteiger charge is 2.01. The van der Waals surface area contributed by atoms with Gasteiger partial charge in [-0.3, -0.25) is 0 Å². The maximum atomic E-state index is 4.10. The molecule has 0 aliphatic carbocycles. The average Bonchev–Trinajstić information content (AvgIpc) is 2.86. The van der Waals surface area contributed by atoms with Gasteiger partial charge in [-0.2, -0.15) is 0 Å². The molecule has 0 spiro atoms. The summed E-state index contributed by atoms with van der Waals surface area (Å²) >= 11 is 1.58. The van der Waals surface area contributed by atoms with Gasteiger partial charge in [0.2, 0.25) is 5.13 Å². The molecule has 2 heterocycles. The monoisotopic (exact) mass is 209 g/mol. The van der Waals surface area contributed by atoms with Gasteiger partial charge >= 0.3 is 0 Å². The Morgan fingerprint density at radius 3 is 3.07 bits per heavy atom. The predicted molar refractivity (Wildman–Crippen MR) is 55.2 cm³/mol. The second-order valence-corrected chi connectivity index (χ2v) is 3.81. The van der Waals surface area contributed by atoms with Crippen LogP contribution in [0.5, 0.6) is 0 Å². The molecule has 74 valence electrons. The van der Waals surface area contributed by atoms with E-state index in [1.54, 1.807) is 23.7 Å². The number of imidazole rings is 1. The molecule has 14 heavy (non-hydrogen) atoms. The van der Waals surface area contributed by atoms with E-state index in [0.717, 1.165) is 22.4 Å². The molecule has 2 N–H and O–H groups in total. The minimum absolute atomic E-state index is 0.658. The van der Waals surface area contributed by atoms with Gasteiger partial charge in [0.15, 0.2) is 0 Å². The van der Waals surface area contributed by atoms with Crippen LogP contribution in [-0.4, -0.2) is 20.2 Å². The van der Waals surface area contributed by atoms with Gasteiger partial charge in [0.25, 0.3) is 0 Å². The lowest BCUT2D eigenvalue weighted by Gasteiger charge is -1.96. The van der Waals surface area contributed by atoms with Gasteiger partial charge in [0.1, 0.15) is 10.8 Å². The van der Waals surface area contributed by atoms with E-state index in [9.17, 15) is 0 Å². The molecule has 0 aromatic carbocycles. The topological polar surface area (TPSA) is 66.5 Å². The molecule has 2 aromatic heterocycles. The number of hydrogen-bond donors (Lipinski definition) is 2. The Balaban J connectivity index is 1.92. The van der Waals surface area contributed by atoms with Crippen LogP contribution in [0.25, 0.3) is 0 Å². The van der Waals surface area contributed by atoms with Crippen molar-refractivity contribution in [3.05, 3.63) is 23.2 Å². The zero-order valence-electron chi connectivity index (χ0n) is 7.82. The van der Waals surface area contributed by atoms with Crippen LogP contribution in [0.3, 0.4) is 0 Å². The summed E-state index contributed by atoms with van der Waals surface area (Å²) in [6.45, 7) is 2.72. The summed E-state index contributed by atoms with van der Waals surface area (Å²) in [6, 6.07) is 0. The molecule has 0 aliphatic rings. The fraction of sp³-hybridized carbons (Fsp3) is 0.375. The summed E-state index contributed by atoms with van der Waals surface area (Å²) in [6.07, 6.45) is 4.46. The molecule has 2 aromatic rings. The molecule has 0 amide bonds. The zero-order chi connectivity index (χ0) is 9.80. The quantitative estimate of drug-likeness (QED) is 0.799. The fourth-order valence-corrected chi connectivity index (χ4v) is 1.70. The highest BCUT2D eigenvalue weighted by atomic mass is 32.1. The van der Waals surface area contributed by atoms with Crippen LogP contribution in [0.1, 0.15) is 17.8 Å². The SMILES string of the molecule is CCc1nnc(NCc2ncc[nH]2)s1. The second kappa shape index (κ2) is 4.19. The lowest BCUT2D eigenvalue weighted by atomic mass is 10.5. The van der Waals surface area contributed by atoms with Gasteiger partial charge in [-0.15, -0.1) is 10.2 Å². The van der Waals surface area contributed by atoms with Crippen LogP contribution in [-0.2, 0) is 13.0 Å². The van der Waals surface area contributed by atoms with Gasteiger partial charge in [0, 0.05) is 12.4 Å². The third-order valence-electron chi connectivity index (χ3n) is 1.73. The van der Waals surface area contributed by atoms with Crippen molar-refractivity contribution in [2.75, 3.05) is 5.32 Å². The summed E-state index contributed by atoms with van der Waals surface area (Å²) in [4.78, 5) is 7.11. The van der Waals surface area contributed by atoms with Crippen molar-refractivity contribution in [2.24, 2.45) is 0 Å². The van der Waals surface area contributed by atoms with Crippen molar-refractivity contribution < 1.29 is 0 Å². The standard InChI is InChI=1S/C8H11N5S/c1-2-7-12-13-8(14-7)11-5-6-9-3-4-10-6/h3-4H,2,5H2,1H3,(H,9,10)(H,11,13). The second-order valence-electron chi connectivity index (χ2n) is 2.74. The third-order valence-corrected chi connectivity index (χ3v) is 2.76. The van der Waals surface area contributed by atoms with Crippen molar-refractivity contribution in [1.82, 2.24) is 20.2 Å². The average molecular weight is 209 g/mol. The molecule has 5 nitrogen and oxygen atoms in total. The first-order chi connectivity index (χ1) is 6.88. The Kier molecular flexibility index (Phi) is 2.73. The Hall–Kier alpha value is -1.43. The molecule has 0 fully saturated rings. The van der Waals surface area contributed by atoms with Gasteiger partial charge < -0.3 is 10.3 Å². The van der Waals surface area contributed by atoms with Crippen molar-refractivity contribution >= 4 is 16.5 Å². The Morgan fingerprint density at radius 2 is 2.43 bits per heavy atom. The van der Waals surface area contributed by atoms with Crippen molar-refractivity contribution in [2.45, 2.75) is 19.9 Å². The maximum absolute atomic E-state index is 4.10. The number of aromatic nitrogens is 4. The minimum Gasteiger partial charge on any atom is -0.353 e. The van der Waals surface area contributed by atoms with E-state index in [2.05, 4.69) is 32.4 Å². The minimum atomic E-state index is 0.658. The van der Waals surface area contributed by atoms with E-state index in [0.29, 0.717) is 6.54 Å². The van der Waals surface area contributed by atoms with Crippen LogP contribution in [0, 0.1) is 0 Å². The van der Waals surface area contributed by atoms with Crippen molar-refractivity contribution in [3.8, 4) is 0 Å². The highest BCUT2D eigenvalue weighted by Crippen LogP contribution is 2.15. The Bertz CT molecular complexity index is 380. The maximum Gasteiger partial charge on any atom is 0.206 e. The first-order valence-corrected chi connectivity index (χ1v) is 5.24. The zero-order valence-corrected chi connectivity index (χ0v) is 8.64. The number of nitrogens with zero attached hydrogens (tertiary/aromatic N) is 3. The summed E-state index contributed by atoms with van der Waals surface area (Å²) in [5.41, 5.74) is 0. The summed E-state index contributed by atoms with van der Waals surface area (Å²) in [5, 5.41) is 13.1. The molecule has 0 unspecified atom stereocenters. The molecule has 0 radical (unpaired) electrons. The number of rotatable bonds is 4. The van der Waals surface area contributed by atoms with E-state index < -0.39 is 0 Å². The fourth-order valence-electron chi connectivity index (χ4n) is 1.02. The first kappa shape index (κ1) is 9.14. The molecule has 0 saturated carbocycles. The van der Waals surface area contributed by atoms with Crippen LogP contribution >= 0.6 is 11.3 Å². The molecule has 2 rings (SSSR count). The van der Waals surface area contributed by atoms with Crippen LogP contribution in [0.4, 0.5) is 5.13 Å². The lowest BCUT2D eigenvalue weighted by molar-refractivity contribution is 0.955. The van der Waals surface area contributed by atoms with Crippen molar-refractivity contribution in [1.29, 1.82) is 0 Å². The molecular weight excluding hydrogens is 198 g/mol. The van der Waals surface area contributed by atoms with E-state index in [-0.39, 0.29) is 0 Å². The van der Waals surface area contributed by atoms with Crippen LogP contribution in [0.2, 0.25) is 0 Å². The number of anilines is 1. The van der Waals surface area contributed by atoms with E-state index in [4.69, 9.17) is 0 Å². The number of hydrogen-bond acceptors (Lipinski definition) is 5. The normalized spacial score (nSPS) is 10.4.